The summed E-state index contributed by atoms with van der Waals surface area (Å²) in [6, 6.07) is -4.82. The molecule has 77 heavy (non-hydrogen) atoms. The minimum atomic E-state index is -1.41. The summed E-state index contributed by atoms with van der Waals surface area (Å²) in [5.74, 6) is -8.10. The van der Waals surface area contributed by atoms with Crippen molar-refractivity contribution in [3.05, 3.63) is 11.8 Å². The van der Waals surface area contributed by atoms with Gasteiger partial charge in [0.15, 0.2) is 0 Å². The van der Waals surface area contributed by atoms with E-state index < -0.39 is 91.2 Å². The van der Waals surface area contributed by atoms with Crippen LogP contribution in [0.4, 0.5) is 0 Å². The van der Waals surface area contributed by atoms with E-state index in [4.69, 9.17) is 20.3 Å². The lowest BCUT2D eigenvalue weighted by Crippen LogP contribution is -2.57. The Labute approximate surface area is 452 Å². The molecule has 1 rings (SSSR count). The van der Waals surface area contributed by atoms with Gasteiger partial charge >= 0.3 is 23.9 Å². The molecule has 1 aliphatic rings. The maximum Gasteiger partial charge on any atom is 0.317 e. The molecule has 25 nitrogen and oxygen atoms in total. The molecule has 0 fully saturated rings. The molecule has 0 bridgehead atoms. The van der Waals surface area contributed by atoms with Crippen molar-refractivity contribution < 1.29 is 77.8 Å². The number of unbranched alkanes of at least 4 members (excludes halogenated alkanes) is 14. The summed E-state index contributed by atoms with van der Waals surface area (Å²) in [6.07, 6.45) is 19.4. The predicted molar refractivity (Wildman–Crippen MR) is 284 cm³/mol. The molecule has 12 N–H and O–H groups in total. The zero-order chi connectivity index (χ0) is 57.1. The van der Waals surface area contributed by atoms with Crippen LogP contribution in [0, 0.1) is 0 Å². The summed E-state index contributed by atoms with van der Waals surface area (Å²) in [7, 11) is 1.53. The Hall–Kier alpha value is -6.05. The number of hydrogen-bond acceptors (Lipinski definition) is 15. The fourth-order valence-corrected chi connectivity index (χ4v) is 8.27. The van der Waals surface area contributed by atoms with Crippen molar-refractivity contribution in [1.29, 1.82) is 0 Å². The molecule has 25 heteroatoms. The number of likely N-dealkylation sites (N-methyl/N-ethyl adjacent to an activating group) is 1. The van der Waals surface area contributed by atoms with Crippen LogP contribution in [-0.2, 0) is 57.4 Å². The number of amides is 6. The molecule has 0 aromatic rings. The standard InChI is InChI=1S/C52H89N9O16/c1-54-42(34-38-20-19-28-55-38)52(75)60-41(25-26-46(66)67)51(74)59-40(22-16-18-30-61(35-47(68)69)36-48(70)71)50(73)58-39(49(53)72)21-15-17-27-56-44(63)37-77-33-32-76-31-29-57-43(62)23-13-11-9-7-5-3-2-4-6-8-10-12-14-24-45(64)65/h20,28,39-42,54H,2-19,21-27,29-37H2,1H3,(H2,53,72)(H,56,63)(H,57,62)(H,58,73)(H,59,74)(H,60,75)(H,64,65)(H,66,67)(H,68,69)(H,70,71)/t39-,40-,41-,42-/m0/s1. The lowest BCUT2D eigenvalue weighted by atomic mass is 10.0. The Morgan fingerprint density at radius 2 is 1.04 bits per heavy atom. The second kappa shape index (κ2) is 44.0. The van der Waals surface area contributed by atoms with Gasteiger partial charge in [0, 0.05) is 57.1 Å². The number of aliphatic carboxylic acids is 4. The van der Waals surface area contributed by atoms with Crippen LogP contribution in [0.15, 0.2) is 16.8 Å². The van der Waals surface area contributed by atoms with Crippen LogP contribution >= 0.6 is 0 Å². The summed E-state index contributed by atoms with van der Waals surface area (Å²) >= 11 is 0. The second-order valence-electron chi connectivity index (χ2n) is 19.2. The molecule has 0 saturated carbocycles. The van der Waals surface area contributed by atoms with Crippen molar-refractivity contribution in [1.82, 2.24) is 36.8 Å². The van der Waals surface area contributed by atoms with Gasteiger partial charge in [-0.25, -0.2) is 0 Å². The van der Waals surface area contributed by atoms with Crippen molar-refractivity contribution in [2.45, 2.75) is 185 Å². The van der Waals surface area contributed by atoms with Crippen molar-refractivity contribution in [3.63, 3.8) is 0 Å². The van der Waals surface area contributed by atoms with Gasteiger partial charge in [-0.3, -0.25) is 57.8 Å². The number of primary amides is 1. The molecule has 0 aliphatic carbocycles. The molecule has 0 saturated heterocycles. The van der Waals surface area contributed by atoms with E-state index in [2.05, 4.69) is 36.9 Å². The molecule has 1 heterocycles. The normalized spacial score (nSPS) is 13.5. The Bertz CT molecular complexity index is 1850. The van der Waals surface area contributed by atoms with Gasteiger partial charge < -0.3 is 67.5 Å². The first-order chi connectivity index (χ1) is 36.9. The Kier molecular flexibility index (Phi) is 39.4. The average molecular weight is 1100 g/mol. The second-order valence-corrected chi connectivity index (χ2v) is 19.2. The SMILES string of the molecule is CN[C@@H](CC1=CCC=N1)C(=O)N[C@@H](CCC(=O)O)C(=O)N[C@@H](CCCCN(CC(=O)O)CC(=O)O)C(=O)N[C@@H](CCCCNC(=O)COCCOCCNC(=O)CCCCCCCCCCCCCCCC(=O)O)C(N)=O. The molecule has 438 valence electrons. The number of carbonyl (C=O) groups is 10. The van der Waals surface area contributed by atoms with Crippen molar-refractivity contribution in [2.24, 2.45) is 10.7 Å². The number of carbonyl (C=O) groups excluding carboxylic acids is 6. The summed E-state index contributed by atoms with van der Waals surface area (Å²) in [4.78, 5) is 128. The molecular weight excluding hydrogens is 1010 g/mol. The quantitative estimate of drug-likeness (QED) is 0.0389. The first kappa shape index (κ1) is 69.0. The molecule has 4 atom stereocenters. The molecule has 0 radical (unpaired) electrons. The van der Waals surface area contributed by atoms with Crippen LogP contribution in [0.3, 0.4) is 0 Å². The largest absolute Gasteiger partial charge is 0.481 e. The third-order valence-electron chi connectivity index (χ3n) is 12.5. The van der Waals surface area contributed by atoms with Gasteiger partial charge in [-0.2, -0.15) is 0 Å². The van der Waals surface area contributed by atoms with Crippen LogP contribution in [0.5, 0.6) is 0 Å². The van der Waals surface area contributed by atoms with E-state index in [0.717, 1.165) is 38.5 Å². The van der Waals surface area contributed by atoms with E-state index >= 15 is 0 Å². The smallest absolute Gasteiger partial charge is 0.317 e. The maximum atomic E-state index is 13.8. The highest BCUT2D eigenvalue weighted by atomic mass is 16.5. The lowest BCUT2D eigenvalue weighted by Gasteiger charge is -2.26. The lowest BCUT2D eigenvalue weighted by molar-refractivity contribution is -0.142. The Balaban J connectivity index is 2.51. The molecular formula is C52H89N9O16. The molecule has 1 aliphatic heterocycles. The molecule has 6 amide bonds. The average Bonchev–Trinajstić information content (AvgIpc) is 3.89. The summed E-state index contributed by atoms with van der Waals surface area (Å²) in [5.41, 5.74) is 6.29. The Morgan fingerprint density at radius 3 is 1.57 bits per heavy atom. The van der Waals surface area contributed by atoms with E-state index in [1.807, 2.05) is 6.08 Å². The number of carboxylic acids is 4. The van der Waals surface area contributed by atoms with Crippen molar-refractivity contribution in [3.8, 4) is 0 Å². The van der Waals surface area contributed by atoms with Gasteiger partial charge in [0.1, 0.15) is 24.7 Å². The highest BCUT2D eigenvalue weighted by Gasteiger charge is 2.31. The number of carboxylic acid groups (broad SMARTS) is 4. The maximum absolute atomic E-state index is 13.8. The summed E-state index contributed by atoms with van der Waals surface area (Å²) in [6.45, 7) is -0.0966. The fraction of sp³-hybridized carbons (Fsp3) is 0.750. The van der Waals surface area contributed by atoms with E-state index in [-0.39, 0.29) is 89.7 Å². The Morgan fingerprint density at radius 1 is 0.545 bits per heavy atom. The zero-order valence-corrected chi connectivity index (χ0v) is 45.2. The summed E-state index contributed by atoms with van der Waals surface area (Å²) < 4.78 is 10.9. The van der Waals surface area contributed by atoms with E-state index in [1.165, 1.54) is 56.9 Å². The van der Waals surface area contributed by atoms with Crippen molar-refractivity contribution in [2.75, 3.05) is 66.2 Å². The van der Waals surface area contributed by atoms with Crippen LogP contribution in [0.2, 0.25) is 0 Å². The van der Waals surface area contributed by atoms with Gasteiger partial charge in [-0.1, -0.05) is 76.7 Å². The fourth-order valence-electron chi connectivity index (χ4n) is 8.27. The van der Waals surface area contributed by atoms with Gasteiger partial charge in [0.25, 0.3) is 0 Å². The number of nitrogens with two attached hydrogens (primary N) is 1. The number of rotatable bonds is 51. The first-order valence-corrected chi connectivity index (χ1v) is 27.3. The third-order valence-corrected chi connectivity index (χ3v) is 12.5. The van der Waals surface area contributed by atoms with Gasteiger partial charge in [-0.15, -0.1) is 0 Å². The number of nitrogens with one attached hydrogen (secondary N) is 6. The highest BCUT2D eigenvalue weighted by Crippen LogP contribution is 2.15. The van der Waals surface area contributed by atoms with E-state index in [1.54, 1.807) is 6.21 Å². The number of allylic oxidation sites excluding steroid dienone is 1. The van der Waals surface area contributed by atoms with Gasteiger partial charge in [-0.05, 0) is 71.4 Å². The van der Waals surface area contributed by atoms with Gasteiger partial charge in [0.2, 0.25) is 35.4 Å². The number of nitrogens with zero attached hydrogens (tertiary/aromatic N) is 2. The van der Waals surface area contributed by atoms with Crippen LogP contribution in [0.1, 0.15) is 161 Å². The minimum absolute atomic E-state index is 0.0145. The number of ether oxygens (including phenoxy) is 2. The molecule has 0 aromatic heterocycles. The predicted octanol–water partition coefficient (Wildman–Crippen LogP) is 2.14. The van der Waals surface area contributed by atoms with Crippen molar-refractivity contribution >= 4 is 65.5 Å². The summed E-state index contributed by atoms with van der Waals surface area (Å²) in [5, 5.41) is 52.6. The monoisotopic (exact) mass is 1100 g/mol. The zero-order valence-electron chi connectivity index (χ0n) is 45.2. The third kappa shape index (κ3) is 38.2. The molecule has 0 aromatic carbocycles. The van der Waals surface area contributed by atoms with E-state index in [0.29, 0.717) is 44.5 Å². The van der Waals surface area contributed by atoms with Crippen LogP contribution in [0.25, 0.3) is 0 Å². The van der Waals surface area contributed by atoms with Gasteiger partial charge in [0.05, 0.1) is 39.0 Å². The first-order valence-electron chi connectivity index (χ1n) is 27.3. The topological polar surface area (TPSA) is 384 Å². The number of aliphatic imine (C=N–C) groups is 1. The highest BCUT2D eigenvalue weighted by molar-refractivity contribution is 5.95. The minimum Gasteiger partial charge on any atom is -0.481 e. The number of hydrogen-bond donors (Lipinski definition) is 11. The van der Waals surface area contributed by atoms with Crippen LogP contribution < -0.4 is 37.6 Å². The van der Waals surface area contributed by atoms with Crippen LogP contribution in [-0.4, -0.2) is 181 Å². The molecule has 0 spiro atoms. The van der Waals surface area contributed by atoms with E-state index in [9.17, 15) is 63.3 Å². The molecule has 0 unspecified atom stereocenters.